The zero-order valence-electron chi connectivity index (χ0n) is 9.73. The van der Waals surface area contributed by atoms with Crippen molar-refractivity contribution in [3.63, 3.8) is 0 Å². The van der Waals surface area contributed by atoms with Gasteiger partial charge in [-0.05, 0) is 36.0 Å². The van der Waals surface area contributed by atoms with E-state index in [9.17, 15) is 0 Å². The molecule has 0 fully saturated rings. The van der Waals surface area contributed by atoms with Gasteiger partial charge in [-0.3, -0.25) is 0 Å². The molecular formula is C14H17NS. The molecule has 1 atom stereocenters. The number of benzene rings is 1. The first-order chi connectivity index (χ1) is 7.81. The van der Waals surface area contributed by atoms with Crippen molar-refractivity contribution < 1.29 is 0 Å². The Morgan fingerprint density at radius 3 is 2.50 bits per heavy atom. The summed E-state index contributed by atoms with van der Waals surface area (Å²) in [7, 11) is 0. The lowest BCUT2D eigenvalue weighted by Crippen LogP contribution is -2.17. The summed E-state index contributed by atoms with van der Waals surface area (Å²) in [5.41, 5.74) is 2.66. The van der Waals surface area contributed by atoms with Gasteiger partial charge in [0.05, 0.1) is 0 Å². The molecule has 0 aliphatic carbocycles. The van der Waals surface area contributed by atoms with Crippen molar-refractivity contribution in [1.29, 1.82) is 0 Å². The fraction of sp³-hybridized carbons (Fsp3) is 0.286. The van der Waals surface area contributed by atoms with Gasteiger partial charge in [0.15, 0.2) is 0 Å². The lowest BCUT2D eigenvalue weighted by Gasteiger charge is -2.12. The smallest absolute Gasteiger partial charge is 0.0342 e. The van der Waals surface area contributed by atoms with Gasteiger partial charge in [-0.2, -0.15) is 0 Å². The molecule has 0 saturated carbocycles. The van der Waals surface area contributed by atoms with E-state index in [-0.39, 0.29) is 0 Å². The highest BCUT2D eigenvalue weighted by molar-refractivity contribution is 7.13. The topological polar surface area (TPSA) is 12.0 Å². The molecule has 0 radical (unpaired) electrons. The van der Waals surface area contributed by atoms with Crippen molar-refractivity contribution >= 4 is 11.3 Å². The number of rotatable bonds is 4. The van der Waals surface area contributed by atoms with Gasteiger partial charge >= 0.3 is 0 Å². The first kappa shape index (κ1) is 11.4. The van der Waals surface area contributed by atoms with Crippen LogP contribution in [0, 0.1) is 0 Å². The molecule has 2 aromatic rings. The lowest BCUT2D eigenvalue weighted by atomic mass is 10.1. The van der Waals surface area contributed by atoms with Gasteiger partial charge in [0.1, 0.15) is 0 Å². The highest BCUT2D eigenvalue weighted by Crippen LogP contribution is 2.25. The van der Waals surface area contributed by atoms with E-state index in [1.165, 1.54) is 16.0 Å². The van der Waals surface area contributed by atoms with Crippen molar-refractivity contribution in [1.82, 2.24) is 5.32 Å². The average molecular weight is 231 g/mol. The van der Waals surface area contributed by atoms with Crippen molar-refractivity contribution in [3.8, 4) is 10.4 Å². The summed E-state index contributed by atoms with van der Waals surface area (Å²) in [4.78, 5) is 1.34. The van der Waals surface area contributed by atoms with Crippen LogP contribution in [0.5, 0.6) is 0 Å². The average Bonchev–Trinajstić information content (AvgIpc) is 2.83. The van der Waals surface area contributed by atoms with Crippen molar-refractivity contribution in [3.05, 3.63) is 47.3 Å². The molecule has 0 aliphatic heterocycles. The summed E-state index contributed by atoms with van der Waals surface area (Å²) in [5.74, 6) is 0. The third-order valence-corrected chi connectivity index (χ3v) is 3.65. The maximum absolute atomic E-state index is 3.42. The second-order valence-corrected chi connectivity index (χ2v) is 4.83. The third kappa shape index (κ3) is 2.52. The van der Waals surface area contributed by atoms with Gasteiger partial charge in [0.2, 0.25) is 0 Å². The minimum atomic E-state index is 0.433. The molecule has 1 N–H and O–H groups in total. The number of hydrogen-bond donors (Lipinski definition) is 1. The second kappa shape index (κ2) is 5.28. The Hall–Kier alpha value is -1.12. The van der Waals surface area contributed by atoms with Gasteiger partial charge in [-0.1, -0.05) is 37.3 Å². The van der Waals surface area contributed by atoms with Gasteiger partial charge in [-0.25, -0.2) is 0 Å². The van der Waals surface area contributed by atoms with Gasteiger partial charge in [-0.15, -0.1) is 11.3 Å². The molecule has 1 heterocycles. The van der Waals surface area contributed by atoms with E-state index in [0.29, 0.717) is 6.04 Å². The van der Waals surface area contributed by atoms with Crippen LogP contribution in [-0.4, -0.2) is 6.54 Å². The zero-order valence-corrected chi connectivity index (χ0v) is 10.6. The van der Waals surface area contributed by atoms with Crippen molar-refractivity contribution in [2.45, 2.75) is 19.9 Å². The van der Waals surface area contributed by atoms with E-state index < -0.39 is 0 Å². The SMILES string of the molecule is CCNC(C)c1ccc(-c2cccs2)cc1. The van der Waals surface area contributed by atoms with E-state index in [0.717, 1.165) is 6.54 Å². The van der Waals surface area contributed by atoms with Crippen LogP contribution in [0.3, 0.4) is 0 Å². The van der Waals surface area contributed by atoms with Crippen LogP contribution in [0.4, 0.5) is 0 Å². The Balaban J connectivity index is 2.16. The van der Waals surface area contributed by atoms with Crippen LogP contribution in [0.25, 0.3) is 10.4 Å². The molecule has 16 heavy (non-hydrogen) atoms. The van der Waals surface area contributed by atoms with Gasteiger partial charge in [0, 0.05) is 10.9 Å². The van der Waals surface area contributed by atoms with Crippen molar-refractivity contribution in [2.75, 3.05) is 6.54 Å². The van der Waals surface area contributed by atoms with Crippen LogP contribution in [0.1, 0.15) is 25.5 Å². The predicted molar refractivity (Wildman–Crippen MR) is 71.8 cm³/mol. The first-order valence-corrected chi connectivity index (χ1v) is 6.56. The molecule has 2 heteroatoms. The summed E-state index contributed by atoms with van der Waals surface area (Å²) in [6, 6.07) is 13.5. The number of thiophene rings is 1. The van der Waals surface area contributed by atoms with Crippen molar-refractivity contribution in [2.24, 2.45) is 0 Å². The fourth-order valence-corrected chi connectivity index (χ4v) is 2.54. The molecule has 1 aromatic carbocycles. The quantitative estimate of drug-likeness (QED) is 0.836. The molecule has 0 spiro atoms. The minimum absolute atomic E-state index is 0.433. The maximum Gasteiger partial charge on any atom is 0.0342 e. The van der Waals surface area contributed by atoms with E-state index in [4.69, 9.17) is 0 Å². The fourth-order valence-electron chi connectivity index (χ4n) is 1.80. The Morgan fingerprint density at radius 1 is 1.19 bits per heavy atom. The molecule has 0 bridgehead atoms. The van der Waals surface area contributed by atoms with E-state index >= 15 is 0 Å². The molecule has 84 valence electrons. The molecule has 0 amide bonds. The number of hydrogen-bond acceptors (Lipinski definition) is 2. The summed E-state index contributed by atoms with van der Waals surface area (Å²) < 4.78 is 0. The summed E-state index contributed by atoms with van der Waals surface area (Å²) in [6.45, 7) is 5.34. The largest absolute Gasteiger partial charge is 0.310 e. The molecule has 1 nitrogen and oxygen atoms in total. The molecule has 2 rings (SSSR count). The zero-order chi connectivity index (χ0) is 11.4. The monoisotopic (exact) mass is 231 g/mol. The van der Waals surface area contributed by atoms with Gasteiger partial charge < -0.3 is 5.32 Å². The van der Waals surface area contributed by atoms with Gasteiger partial charge in [0.25, 0.3) is 0 Å². The standard InChI is InChI=1S/C14H17NS/c1-3-15-11(2)12-6-8-13(9-7-12)14-5-4-10-16-14/h4-11,15H,3H2,1-2H3. The lowest BCUT2D eigenvalue weighted by molar-refractivity contribution is 0.598. The Labute approximate surface area is 101 Å². The van der Waals surface area contributed by atoms with E-state index in [1.807, 2.05) is 0 Å². The molecule has 0 saturated heterocycles. The third-order valence-electron chi connectivity index (χ3n) is 2.73. The molecular weight excluding hydrogens is 214 g/mol. The first-order valence-electron chi connectivity index (χ1n) is 5.68. The predicted octanol–water partition coefficient (Wildman–Crippen LogP) is 4.09. The van der Waals surface area contributed by atoms with E-state index in [2.05, 4.69) is 60.9 Å². The minimum Gasteiger partial charge on any atom is -0.310 e. The normalized spacial score (nSPS) is 12.6. The van der Waals surface area contributed by atoms with Crippen LogP contribution in [-0.2, 0) is 0 Å². The number of nitrogens with one attached hydrogen (secondary N) is 1. The molecule has 1 aromatic heterocycles. The second-order valence-electron chi connectivity index (χ2n) is 3.88. The van der Waals surface area contributed by atoms with Crippen LogP contribution in [0.2, 0.25) is 0 Å². The maximum atomic E-state index is 3.42. The summed E-state index contributed by atoms with van der Waals surface area (Å²) in [6.07, 6.45) is 0. The van der Waals surface area contributed by atoms with E-state index in [1.54, 1.807) is 11.3 Å². The molecule has 1 unspecified atom stereocenters. The highest BCUT2D eigenvalue weighted by atomic mass is 32.1. The highest BCUT2D eigenvalue weighted by Gasteiger charge is 2.04. The molecule has 0 aliphatic rings. The Bertz CT molecular complexity index is 417. The summed E-state index contributed by atoms with van der Waals surface area (Å²) in [5, 5.41) is 5.53. The summed E-state index contributed by atoms with van der Waals surface area (Å²) >= 11 is 1.78. The van der Waals surface area contributed by atoms with Crippen LogP contribution >= 0.6 is 11.3 Å². The van der Waals surface area contributed by atoms with Crippen LogP contribution < -0.4 is 5.32 Å². The Morgan fingerprint density at radius 2 is 1.94 bits per heavy atom. The van der Waals surface area contributed by atoms with Crippen LogP contribution in [0.15, 0.2) is 41.8 Å². The Kier molecular flexibility index (Phi) is 3.75.